The van der Waals surface area contributed by atoms with Crippen LogP contribution < -0.4 is 10.2 Å². The number of nitriles is 1. The topological polar surface area (TPSA) is 124 Å². The SMILES string of the molecule is CN(C)[C@H]1CN(c2ccc3c4c(c(-c5ncc(F)c6sc(NC(=O)OC(C)(C)C)c(C#N)c56)c(Cl)c3n2)COC4)C[C@@H]1O. The molecular weight excluding hydrogens is 595 g/mol. The third kappa shape index (κ3) is 5.15. The number of hydrogen-bond acceptors (Lipinski definition) is 10. The van der Waals surface area contributed by atoms with Crippen LogP contribution in [0.15, 0.2) is 18.3 Å². The van der Waals surface area contributed by atoms with Crippen molar-refractivity contribution >= 4 is 60.8 Å². The van der Waals surface area contributed by atoms with E-state index in [1.807, 2.05) is 36.0 Å². The van der Waals surface area contributed by atoms with Crippen LogP contribution in [0.25, 0.3) is 32.2 Å². The number of halogens is 2. The van der Waals surface area contributed by atoms with Gasteiger partial charge in [-0.3, -0.25) is 10.3 Å². The number of aliphatic hydroxyl groups is 1. The summed E-state index contributed by atoms with van der Waals surface area (Å²) in [5.41, 5.74) is 2.28. The summed E-state index contributed by atoms with van der Waals surface area (Å²) in [5, 5.41) is 24.9. The quantitative estimate of drug-likeness (QED) is 0.296. The Morgan fingerprint density at radius 1 is 1.30 bits per heavy atom. The smallest absolute Gasteiger partial charge is 0.412 e. The average Bonchev–Trinajstić information content (AvgIpc) is 3.66. The highest BCUT2D eigenvalue weighted by Gasteiger charge is 2.34. The van der Waals surface area contributed by atoms with Crippen LogP contribution in [0.3, 0.4) is 0 Å². The van der Waals surface area contributed by atoms with Crippen molar-refractivity contribution in [3.05, 3.63) is 45.9 Å². The van der Waals surface area contributed by atoms with Gasteiger partial charge in [0.05, 0.1) is 58.1 Å². The van der Waals surface area contributed by atoms with E-state index in [4.69, 9.17) is 26.1 Å². The molecule has 0 saturated carbocycles. The predicted molar refractivity (Wildman–Crippen MR) is 164 cm³/mol. The number of rotatable bonds is 4. The molecule has 0 spiro atoms. The van der Waals surface area contributed by atoms with Gasteiger partial charge in [-0.25, -0.2) is 14.2 Å². The average molecular weight is 625 g/mol. The van der Waals surface area contributed by atoms with E-state index in [-0.39, 0.29) is 33.3 Å². The highest BCUT2D eigenvalue weighted by atomic mass is 35.5. The van der Waals surface area contributed by atoms with Crippen LogP contribution >= 0.6 is 22.9 Å². The molecule has 6 rings (SSSR count). The molecule has 2 N–H and O–H groups in total. The molecule has 43 heavy (non-hydrogen) atoms. The van der Waals surface area contributed by atoms with Gasteiger partial charge in [-0.05, 0) is 58.1 Å². The fraction of sp³-hybridized carbons (Fsp3) is 0.400. The predicted octanol–water partition coefficient (Wildman–Crippen LogP) is 5.66. The fourth-order valence-electron chi connectivity index (χ4n) is 5.74. The van der Waals surface area contributed by atoms with Gasteiger partial charge in [0.25, 0.3) is 0 Å². The van der Waals surface area contributed by atoms with Crippen molar-refractivity contribution < 1.29 is 23.8 Å². The molecule has 0 unspecified atom stereocenters. The van der Waals surface area contributed by atoms with Crippen molar-refractivity contribution in [3.8, 4) is 17.3 Å². The summed E-state index contributed by atoms with van der Waals surface area (Å²) < 4.78 is 26.5. The van der Waals surface area contributed by atoms with E-state index in [0.29, 0.717) is 47.3 Å². The van der Waals surface area contributed by atoms with E-state index >= 15 is 4.39 Å². The number of pyridine rings is 2. The molecule has 10 nitrogen and oxygen atoms in total. The van der Waals surface area contributed by atoms with Crippen LogP contribution in [-0.4, -0.2) is 71.0 Å². The molecule has 2 aliphatic heterocycles. The van der Waals surface area contributed by atoms with Gasteiger partial charge in [-0.2, -0.15) is 5.26 Å². The lowest BCUT2D eigenvalue weighted by atomic mass is 9.94. The first-order valence-corrected chi connectivity index (χ1v) is 14.9. The van der Waals surface area contributed by atoms with Crippen molar-refractivity contribution in [2.45, 2.75) is 51.7 Å². The summed E-state index contributed by atoms with van der Waals surface area (Å²) in [5.74, 6) is 0.0302. The van der Waals surface area contributed by atoms with E-state index in [9.17, 15) is 15.2 Å². The number of benzene rings is 1. The maximum atomic E-state index is 15.2. The maximum Gasteiger partial charge on any atom is 0.412 e. The van der Waals surface area contributed by atoms with Gasteiger partial charge in [0, 0.05) is 29.4 Å². The van der Waals surface area contributed by atoms with Gasteiger partial charge >= 0.3 is 6.09 Å². The summed E-state index contributed by atoms with van der Waals surface area (Å²) in [6.45, 7) is 6.77. The minimum absolute atomic E-state index is 0.0415. The summed E-state index contributed by atoms with van der Waals surface area (Å²) >= 11 is 8.08. The Labute approximate surface area is 256 Å². The third-order valence-corrected chi connectivity index (χ3v) is 9.15. The Morgan fingerprint density at radius 2 is 2.05 bits per heavy atom. The number of carbonyl (C=O) groups is 1. The highest BCUT2D eigenvalue weighted by molar-refractivity contribution is 7.23. The van der Waals surface area contributed by atoms with Crippen LogP contribution in [0.5, 0.6) is 0 Å². The molecule has 2 aliphatic rings. The number of ether oxygens (including phenoxy) is 2. The van der Waals surface area contributed by atoms with Crippen molar-refractivity contribution in [2.24, 2.45) is 0 Å². The molecule has 0 radical (unpaired) electrons. The maximum absolute atomic E-state index is 15.2. The number of fused-ring (bicyclic) bond motifs is 4. The van der Waals surface area contributed by atoms with E-state index in [1.165, 1.54) is 0 Å². The molecule has 1 aromatic carbocycles. The van der Waals surface area contributed by atoms with Crippen LogP contribution in [-0.2, 0) is 22.7 Å². The Morgan fingerprint density at radius 3 is 2.72 bits per heavy atom. The number of β-amino-alcohol motifs (C(OH)–C–C–N with tert-alkyl or cyclic N) is 1. The van der Waals surface area contributed by atoms with Crippen LogP contribution in [0.2, 0.25) is 5.02 Å². The first kappa shape index (κ1) is 29.5. The number of aliphatic hydroxyl groups excluding tert-OH is 1. The summed E-state index contributed by atoms with van der Waals surface area (Å²) in [6, 6.07) is 5.95. The number of nitrogens with zero attached hydrogens (tertiary/aromatic N) is 5. The summed E-state index contributed by atoms with van der Waals surface area (Å²) in [7, 11) is 3.87. The fourth-order valence-corrected chi connectivity index (χ4v) is 7.13. The molecular formula is C30H30ClFN6O4S. The molecule has 3 aromatic heterocycles. The highest BCUT2D eigenvalue weighted by Crippen LogP contribution is 2.48. The van der Waals surface area contributed by atoms with Crippen molar-refractivity contribution in [3.63, 3.8) is 0 Å². The lowest BCUT2D eigenvalue weighted by Gasteiger charge is -2.22. The minimum atomic E-state index is -0.767. The first-order valence-electron chi connectivity index (χ1n) is 13.7. The second kappa shape index (κ2) is 10.8. The zero-order valence-electron chi connectivity index (χ0n) is 24.3. The van der Waals surface area contributed by atoms with Gasteiger partial charge < -0.3 is 24.4 Å². The monoisotopic (exact) mass is 624 g/mol. The van der Waals surface area contributed by atoms with Gasteiger partial charge in [0.2, 0.25) is 0 Å². The second-order valence-electron chi connectivity index (χ2n) is 11.9. The van der Waals surface area contributed by atoms with Crippen LogP contribution in [0, 0.1) is 17.1 Å². The lowest BCUT2D eigenvalue weighted by molar-refractivity contribution is 0.0636. The zero-order valence-corrected chi connectivity index (χ0v) is 25.9. The molecule has 5 heterocycles. The normalized spacial score (nSPS) is 18.5. The van der Waals surface area contributed by atoms with E-state index in [1.54, 1.807) is 20.8 Å². The van der Waals surface area contributed by atoms with E-state index < -0.39 is 23.6 Å². The molecule has 224 valence electrons. The van der Waals surface area contributed by atoms with Crippen LogP contribution in [0.4, 0.5) is 20.0 Å². The Kier molecular flexibility index (Phi) is 7.43. The third-order valence-electron chi connectivity index (χ3n) is 7.67. The first-order chi connectivity index (χ1) is 20.4. The van der Waals surface area contributed by atoms with Gasteiger partial charge in [0.15, 0.2) is 5.82 Å². The molecule has 4 aromatic rings. The number of anilines is 2. The second-order valence-corrected chi connectivity index (χ2v) is 13.3. The zero-order chi connectivity index (χ0) is 30.8. The standard InChI is InChI=1S/C30H30ClFN6O4S/c1-30(2,3)42-29(40)36-28-15(8-33)23-26(34-9-18(32)27(23)43-28)22-17-13-41-12-16(17)14-6-7-21(35-25(14)24(22)31)38-10-19(37(4)5)20(39)11-38/h6-7,9,19-20,39H,10-13H2,1-5H3,(H,36,40)/t19-,20-/m0/s1. The Bertz CT molecular complexity index is 1830. The number of carbonyl (C=O) groups excluding carboxylic acids is 1. The van der Waals surface area contributed by atoms with Crippen molar-refractivity contribution in [1.29, 1.82) is 5.26 Å². The largest absolute Gasteiger partial charge is 0.444 e. The van der Waals surface area contributed by atoms with E-state index in [2.05, 4.69) is 16.4 Å². The molecule has 0 bridgehead atoms. The van der Waals surface area contributed by atoms with E-state index in [0.717, 1.165) is 34.0 Å². The molecule has 2 atom stereocenters. The Balaban J connectivity index is 1.53. The molecule has 13 heteroatoms. The number of aromatic nitrogens is 2. The molecule has 1 fully saturated rings. The summed E-state index contributed by atoms with van der Waals surface area (Å²) in [4.78, 5) is 26.0. The molecule has 1 saturated heterocycles. The minimum Gasteiger partial charge on any atom is -0.444 e. The van der Waals surface area contributed by atoms with Gasteiger partial charge in [-0.1, -0.05) is 11.6 Å². The van der Waals surface area contributed by atoms with Crippen molar-refractivity contribution in [2.75, 3.05) is 37.4 Å². The van der Waals surface area contributed by atoms with Crippen LogP contribution in [0.1, 0.15) is 37.5 Å². The summed E-state index contributed by atoms with van der Waals surface area (Å²) in [6.07, 6.45) is -0.203. The van der Waals surface area contributed by atoms with Gasteiger partial charge in [-0.15, -0.1) is 11.3 Å². The molecule has 1 amide bonds. The number of thiophene rings is 1. The number of likely N-dealkylation sites (N-methyl/N-ethyl adjacent to an activating group) is 1. The number of hydrogen-bond donors (Lipinski definition) is 2. The number of nitrogens with one attached hydrogen (secondary N) is 1. The molecule has 0 aliphatic carbocycles. The number of amides is 1. The lowest BCUT2D eigenvalue weighted by Crippen LogP contribution is -2.38. The van der Waals surface area contributed by atoms with Gasteiger partial charge in [0.1, 0.15) is 22.5 Å². The Hall–Kier alpha value is -3.60. The van der Waals surface area contributed by atoms with Crippen molar-refractivity contribution in [1.82, 2.24) is 14.9 Å².